The first-order valence-corrected chi connectivity index (χ1v) is 19.4. The molecule has 0 spiro atoms. The van der Waals surface area contributed by atoms with Gasteiger partial charge in [0, 0.05) is 5.39 Å². The first-order valence-electron chi connectivity index (χ1n) is 18.0. The molecule has 2 aromatic carbocycles. The summed E-state index contributed by atoms with van der Waals surface area (Å²) in [6, 6.07) is 9.49. The van der Waals surface area contributed by atoms with E-state index in [0.717, 1.165) is 24.6 Å². The minimum Gasteiger partial charge on any atom is -0.282 e. The van der Waals surface area contributed by atoms with E-state index in [2.05, 4.69) is 26.0 Å². The molecule has 2 aromatic rings. The average Bonchev–Trinajstić information content (AvgIpc) is 2.97. The molecule has 1 N–H and O–H groups in total. The third-order valence-corrected chi connectivity index (χ3v) is 9.95. The predicted molar refractivity (Wildman–Crippen MR) is 183 cm³/mol. The number of aryl methyl sites for hydroxylation is 2. The van der Waals surface area contributed by atoms with Crippen molar-refractivity contribution in [3.8, 4) is 0 Å². The Hall–Kier alpha value is -1.39. The van der Waals surface area contributed by atoms with Crippen molar-refractivity contribution in [1.82, 2.24) is 0 Å². The fourth-order valence-electron chi connectivity index (χ4n) is 6.39. The van der Waals surface area contributed by atoms with Gasteiger partial charge >= 0.3 is 0 Å². The minimum atomic E-state index is -4.25. The summed E-state index contributed by atoms with van der Waals surface area (Å²) >= 11 is 0. The van der Waals surface area contributed by atoms with E-state index in [9.17, 15) is 13.0 Å². The Bertz CT molecular complexity index is 1060. The maximum Gasteiger partial charge on any atom is 0.295 e. The highest BCUT2D eigenvalue weighted by molar-refractivity contribution is 7.86. The molecular weight excluding hydrogens is 536 g/mol. The van der Waals surface area contributed by atoms with Crippen LogP contribution in [-0.2, 0) is 23.0 Å². The van der Waals surface area contributed by atoms with Crippen LogP contribution >= 0.6 is 0 Å². The van der Waals surface area contributed by atoms with Crippen LogP contribution < -0.4 is 0 Å². The maximum absolute atomic E-state index is 12.1. The quantitative estimate of drug-likeness (QED) is 0.0819. The van der Waals surface area contributed by atoms with Gasteiger partial charge in [-0.05, 0) is 54.3 Å². The Morgan fingerprint density at radius 3 is 1.24 bits per heavy atom. The van der Waals surface area contributed by atoms with E-state index < -0.39 is 10.1 Å². The first kappa shape index (κ1) is 36.8. The van der Waals surface area contributed by atoms with Crippen LogP contribution in [0.1, 0.15) is 179 Å². The zero-order chi connectivity index (χ0) is 30.3. The van der Waals surface area contributed by atoms with Crippen molar-refractivity contribution in [3.05, 3.63) is 41.5 Å². The molecule has 0 aliphatic rings. The van der Waals surface area contributed by atoms with Gasteiger partial charge in [0.2, 0.25) is 0 Å². The van der Waals surface area contributed by atoms with Crippen LogP contribution in [0.4, 0.5) is 0 Å². The van der Waals surface area contributed by atoms with Crippen LogP contribution in [0, 0.1) is 0 Å². The molecule has 0 atom stereocenters. The molecule has 3 nitrogen and oxygen atoms in total. The SMILES string of the molecule is CCCCCCCCCCCCCCc1cc2cccc(S(=O)(=O)O)c2cc1CCCCCCCCCCCCCC. The standard InChI is InChI=1S/C38H64O3S/c1-3-5-7-9-11-13-15-17-19-21-23-25-28-34-32-36-30-27-31-38(42(39,40)41)37(36)33-35(34)29-26-24-22-20-18-16-14-12-10-8-6-4-2/h27,30-33H,3-26,28-29H2,1-2H3,(H,39,40,41). The molecule has 0 fully saturated rings. The molecule has 42 heavy (non-hydrogen) atoms. The Morgan fingerprint density at radius 1 is 0.500 bits per heavy atom. The highest BCUT2D eigenvalue weighted by Crippen LogP contribution is 2.29. The van der Waals surface area contributed by atoms with Gasteiger partial charge in [-0.2, -0.15) is 8.42 Å². The van der Waals surface area contributed by atoms with Crippen LogP contribution in [0.3, 0.4) is 0 Å². The van der Waals surface area contributed by atoms with Gasteiger partial charge in [-0.15, -0.1) is 0 Å². The maximum atomic E-state index is 12.1. The van der Waals surface area contributed by atoms with Gasteiger partial charge in [-0.3, -0.25) is 4.55 Å². The van der Waals surface area contributed by atoms with E-state index in [1.807, 2.05) is 6.07 Å². The second-order valence-corrected chi connectivity index (χ2v) is 14.2. The zero-order valence-corrected chi connectivity index (χ0v) is 28.3. The van der Waals surface area contributed by atoms with Crippen molar-refractivity contribution >= 4 is 20.9 Å². The van der Waals surface area contributed by atoms with E-state index in [1.54, 1.807) is 6.07 Å². The summed E-state index contributed by atoms with van der Waals surface area (Å²) in [5.41, 5.74) is 2.64. The van der Waals surface area contributed by atoms with Crippen molar-refractivity contribution < 1.29 is 13.0 Å². The Morgan fingerprint density at radius 2 is 0.857 bits per heavy atom. The summed E-state index contributed by atoms with van der Waals surface area (Å²) in [5, 5.41) is 1.57. The van der Waals surface area contributed by atoms with Gasteiger partial charge in [-0.1, -0.05) is 173 Å². The number of rotatable bonds is 27. The van der Waals surface area contributed by atoms with Crippen molar-refractivity contribution in [2.45, 2.75) is 186 Å². The normalized spacial score (nSPS) is 12.0. The molecular formula is C38H64O3S. The smallest absolute Gasteiger partial charge is 0.282 e. The summed E-state index contributed by atoms with van der Waals surface area (Å²) in [6.07, 6.45) is 34.2. The number of benzene rings is 2. The molecule has 0 amide bonds. The highest BCUT2D eigenvalue weighted by Gasteiger charge is 2.16. The van der Waals surface area contributed by atoms with Crippen LogP contribution in [-0.4, -0.2) is 13.0 Å². The molecule has 0 saturated carbocycles. The lowest BCUT2D eigenvalue weighted by atomic mass is 9.93. The molecule has 0 aliphatic heterocycles. The van der Waals surface area contributed by atoms with Crippen LogP contribution in [0.5, 0.6) is 0 Å². The molecule has 2 rings (SSSR count). The molecule has 0 saturated heterocycles. The lowest BCUT2D eigenvalue weighted by Crippen LogP contribution is -2.02. The third kappa shape index (κ3) is 15.9. The Kier molecular flexibility index (Phi) is 20.2. The molecule has 0 aromatic heterocycles. The molecule has 0 radical (unpaired) electrons. The predicted octanol–water partition coefficient (Wildman–Crippen LogP) is 12.6. The van der Waals surface area contributed by atoms with Crippen molar-refractivity contribution in [2.24, 2.45) is 0 Å². The summed E-state index contributed by atoms with van der Waals surface area (Å²) in [6.45, 7) is 4.55. The van der Waals surface area contributed by atoms with E-state index >= 15 is 0 Å². The molecule has 0 unspecified atom stereocenters. The highest BCUT2D eigenvalue weighted by atomic mass is 32.2. The van der Waals surface area contributed by atoms with Crippen LogP contribution in [0.15, 0.2) is 35.2 Å². The van der Waals surface area contributed by atoms with Gasteiger partial charge in [-0.25, -0.2) is 0 Å². The minimum absolute atomic E-state index is 0.0351. The summed E-state index contributed by atoms with van der Waals surface area (Å²) in [4.78, 5) is 0.0351. The molecule has 240 valence electrons. The van der Waals surface area contributed by atoms with E-state index in [1.165, 1.54) is 165 Å². The van der Waals surface area contributed by atoms with Crippen LogP contribution in [0.2, 0.25) is 0 Å². The van der Waals surface area contributed by atoms with Gasteiger partial charge in [0.1, 0.15) is 4.90 Å². The van der Waals surface area contributed by atoms with E-state index in [-0.39, 0.29) is 4.90 Å². The van der Waals surface area contributed by atoms with Gasteiger partial charge in [0.15, 0.2) is 0 Å². The fraction of sp³-hybridized carbons (Fsp3) is 0.737. The van der Waals surface area contributed by atoms with Crippen molar-refractivity contribution in [1.29, 1.82) is 0 Å². The summed E-state index contributed by atoms with van der Waals surface area (Å²) < 4.78 is 34.0. The second-order valence-electron chi connectivity index (χ2n) is 12.9. The number of fused-ring (bicyclic) bond motifs is 1. The third-order valence-electron chi connectivity index (χ3n) is 9.04. The van der Waals surface area contributed by atoms with E-state index in [0.29, 0.717) is 5.39 Å². The summed E-state index contributed by atoms with van der Waals surface area (Å²) in [7, 11) is -4.25. The Labute approximate surface area is 260 Å². The van der Waals surface area contributed by atoms with Gasteiger partial charge in [0.05, 0.1) is 0 Å². The Balaban J connectivity index is 1.79. The van der Waals surface area contributed by atoms with Gasteiger partial charge in [0.25, 0.3) is 10.1 Å². The topological polar surface area (TPSA) is 54.4 Å². The largest absolute Gasteiger partial charge is 0.295 e. The number of hydrogen-bond acceptors (Lipinski definition) is 2. The fourth-order valence-corrected chi connectivity index (χ4v) is 7.10. The zero-order valence-electron chi connectivity index (χ0n) is 27.4. The van der Waals surface area contributed by atoms with Crippen molar-refractivity contribution in [3.63, 3.8) is 0 Å². The summed E-state index contributed by atoms with van der Waals surface area (Å²) in [5.74, 6) is 0. The number of unbranched alkanes of at least 4 members (excludes halogenated alkanes) is 22. The lowest BCUT2D eigenvalue weighted by molar-refractivity contribution is 0.484. The van der Waals surface area contributed by atoms with Crippen molar-refractivity contribution in [2.75, 3.05) is 0 Å². The molecule has 0 heterocycles. The molecule has 4 heteroatoms. The monoisotopic (exact) mass is 600 g/mol. The first-order chi connectivity index (χ1) is 20.5. The van der Waals surface area contributed by atoms with E-state index in [4.69, 9.17) is 0 Å². The lowest BCUT2D eigenvalue weighted by Gasteiger charge is -2.14. The molecule has 0 bridgehead atoms. The number of hydrogen-bond donors (Lipinski definition) is 1. The van der Waals surface area contributed by atoms with Gasteiger partial charge < -0.3 is 0 Å². The average molecular weight is 601 g/mol. The second kappa shape index (κ2) is 23.1. The van der Waals surface area contributed by atoms with Crippen LogP contribution in [0.25, 0.3) is 10.8 Å². The molecule has 0 aliphatic carbocycles.